The van der Waals surface area contributed by atoms with E-state index in [1.807, 2.05) is 41.5 Å². The molecular formula is C18H29N3O3. The maximum Gasteiger partial charge on any atom is 0.411 e. The van der Waals surface area contributed by atoms with E-state index in [-0.39, 0.29) is 12.3 Å². The maximum absolute atomic E-state index is 12.3. The molecule has 2 rings (SSSR count). The number of carbonyl (C=O) groups excluding carboxylic acids is 2. The lowest BCUT2D eigenvalue weighted by molar-refractivity contribution is -0.117. The number of ketones is 1. The van der Waals surface area contributed by atoms with Gasteiger partial charge in [-0.05, 0) is 33.3 Å². The van der Waals surface area contributed by atoms with E-state index in [9.17, 15) is 9.59 Å². The van der Waals surface area contributed by atoms with Crippen molar-refractivity contribution in [2.24, 2.45) is 4.99 Å². The summed E-state index contributed by atoms with van der Waals surface area (Å²) in [5.41, 5.74) is 2.90. The molecule has 2 aliphatic rings. The summed E-state index contributed by atoms with van der Waals surface area (Å²) in [6.07, 6.45) is 1.87. The molecule has 134 valence electrons. The van der Waals surface area contributed by atoms with Gasteiger partial charge in [-0.15, -0.1) is 0 Å². The summed E-state index contributed by atoms with van der Waals surface area (Å²) >= 11 is 0. The third kappa shape index (κ3) is 4.94. The minimum absolute atomic E-state index is 0.0357. The Labute approximate surface area is 144 Å². The van der Waals surface area contributed by atoms with Crippen LogP contribution in [-0.4, -0.2) is 48.7 Å². The zero-order chi connectivity index (χ0) is 18.5. The van der Waals surface area contributed by atoms with Crippen LogP contribution in [0.1, 0.15) is 48.0 Å². The van der Waals surface area contributed by atoms with Gasteiger partial charge in [-0.3, -0.25) is 14.7 Å². The lowest BCUT2D eigenvalue weighted by atomic mass is 9.93. The fourth-order valence-electron chi connectivity index (χ4n) is 2.46. The summed E-state index contributed by atoms with van der Waals surface area (Å²) < 4.78 is 5.35. The molecule has 0 bridgehead atoms. The molecule has 0 aromatic heterocycles. The number of aliphatic imine (C=N–C) groups is 1. The molecule has 0 fully saturated rings. The Kier molecular flexibility index (Phi) is 6.75. The first-order valence-corrected chi connectivity index (χ1v) is 8.33. The average Bonchev–Trinajstić information content (AvgIpc) is 2.49. The molecule has 0 spiro atoms. The number of dihydropyridines is 1. The van der Waals surface area contributed by atoms with Crippen LogP contribution >= 0.6 is 0 Å². The predicted octanol–water partition coefficient (Wildman–Crippen LogP) is 3.05. The van der Waals surface area contributed by atoms with Gasteiger partial charge in [0.2, 0.25) is 0 Å². The first kappa shape index (κ1) is 19.9. The molecule has 0 aromatic rings. The van der Waals surface area contributed by atoms with Gasteiger partial charge in [-0.1, -0.05) is 13.8 Å². The Morgan fingerprint density at radius 2 is 1.92 bits per heavy atom. The van der Waals surface area contributed by atoms with Gasteiger partial charge in [-0.2, -0.15) is 0 Å². The topological polar surface area (TPSA) is 71.0 Å². The normalized spacial score (nSPS) is 18.1. The van der Waals surface area contributed by atoms with Crippen LogP contribution in [0.15, 0.2) is 27.5 Å². The number of nitrogens with one attached hydrogen (secondary N) is 1. The number of nitrogens with zero attached hydrogens (tertiary/aromatic N) is 2. The number of hydrogen-bond acceptors (Lipinski definition) is 5. The largest absolute Gasteiger partial charge is 0.444 e. The summed E-state index contributed by atoms with van der Waals surface area (Å²) in [5.74, 6) is -0.0357. The first-order valence-electron chi connectivity index (χ1n) is 8.33. The van der Waals surface area contributed by atoms with E-state index in [0.717, 1.165) is 22.5 Å². The van der Waals surface area contributed by atoms with E-state index in [1.54, 1.807) is 13.3 Å². The number of amides is 1. The average molecular weight is 335 g/mol. The number of ether oxygens (including phenoxy) is 1. The minimum Gasteiger partial charge on any atom is -0.444 e. The fourth-order valence-corrected chi connectivity index (χ4v) is 2.46. The van der Waals surface area contributed by atoms with Gasteiger partial charge in [0.1, 0.15) is 5.60 Å². The highest BCUT2D eigenvalue weighted by atomic mass is 16.6. The predicted molar refractivity (Wildman–Crippen MR) is 96.1 cm³/mol. The number of carbonyl (C=O) groups is 2. The van der Waals surface area contributed by atoms with Crippen LogP contribution in [0, 0.1) is 0 Å². The molecule has 2 aliphatic heterocycles. The van der Waals surface area contributed by atoms with Gasteiger partial charge >= 0.3 is 6.09 Å². The standard InChI is InChI=1S/C16H23N3O3.C2H6/c1-10-6-11-13(18-12(10)7-17-5)8-19(9-14(11)20)15(21)22-16(2,3)4;1-2/h7,18H,6,8-9H2,1-5H3;1-2H3. The van der Waals surface area contributed by atoms with Crippen molar-refractivity contribution in [3.8, 4) is 0 Å². The first-order chi connectivity index (χ1) is 11.2. The molecule has 0 unspecified atom stereocenters. The Balaban J connectivity index is 0.00000139. The zero-order valence-electron chi connectivity index (χ0n) is 15.8. The van der Waals surface area contributed by atoms with Gasteiger partial charge in [0.05, 0.1) is 18.8 Å². The number of Topliss-reactive ketones (excluding diaryl/α,β-unsaturated/α-hetero) is 1. The highest BCUT2D eigenvalue weighted by molar-refractivity contribution is 6.01. The fraction of sp³-hybridized carbons (Fsp3) is 0.611. The van der Waals surface area contributed by atoms with E-state index in [0.29, 0.717) is 13.0 Å². The number of allylic oxidation sites excluding steroid dienone is 2. The molecule has 0 radical (unpaired) electrons. The van der Waals surface area contributed by atoms with Crippen LogP contribution in [-0.2, 0) is 9.53 Å². The third-order valence-electron chi connectivity index (χ3n) is 3.48. The Morgan fingerprint density at radius 1 is 1.29 bits per heavy atom. The van der Waals surface area contributed by atoms with Crippen molar-refractivity contribution in [1.29, 1.82) is 0 Å². The van der Waals surface area contributed by atoms with E-state index < -0.39 is 11.7 Å². The highest BCUT2D eigenvalue weighted by Gasteiger charge is 2.33. The monoisotopic (exact) mass is 335 g/mol. The van der Waals surface area contributed by atoms with Gasteiger partial charge in [0.15, 0.2) is 5.78 Å². The van der Waals surface area contributed by atoms with Crippen LogP contribution in [0.4, 0.5) is 4.79 Å². The molecule has 6 heteroatoms. The van der Waals surface area contributed by atoms with Gasteiger partial charge in [-0.25, -0.2) is 4.79 Å². The van der Waals surface area contributed by atoms with Crippen molar-refractivity contribution < 1.29 is 14.3 Å². The number of rotatable bonds is 1. The van der Waals surface area contributed by atoms with Crippen molar-refractivity contribution >= 4 is 18.1 Å². The second-order valence-electron chi connectivity index (χ2n) is 6.60. The van der Waals surface area contributed by atoms with Crippen LogP contribution < -0.4 is 5.32 Å². The zero-order valence-corrected chi connectivity index (χ0v) is 15.8. The molecule has 0 aliphatic carbocycles. The van der Waals surface area contributed by atoms with Crippen LogP contribution in [0.3, 0.4) is 0 Å². The second-order valence-corrected chi connectivity index (χ2v) is 6.60. The second kappa shape index (κ2) is 8.13. The molecule has 6 nitrogen and oxygen atoms in total. The van der Waals surface area contributed by atoms with E-state index in [2.05, 4.69) is 10.3 Å². The van der Waals surface area contributed by atoms with Gasteiger partial charge in [0, 0.05) is 31.0 Å². The molecular weight excluding hydrogens is 306 g/mol. The summed E-state index contributed by atoms with van der Waals surface area (Å²) in [6.45, 7) is 11.8. The number of hydrogen-bond donors (Lipinski definition) is 1. The molecule has 0 aromatic carbocycles. The highest BCUT2D eigenvalue weighted by Crippen LogP contribution is 2.27. The lowest BCUT2D eigenvalue weighted by Crippen LogP contribution is -2.47. The van der Waals surface area contributed by atoms with Crippen LogP contribution in [0.25, 0.3) is 0 Å². The SMILES string of the molecule is CC.CN=CC1=C(C)CC2=C(CN(C(=O)OC(C)(C)C)CC2=O)N1. The molecule has 0 saturated carbocycles. The minimum atomic E-state index is -0.578. The molecule has 1 amide bonds. The Morgan fingerprint density at radius 3 is 2.46 bits per heavy atom. The third-order valence-corrected chi connectivity index (χ3v) is 3.48. The van der Waals surface area contributed by atoms with Gasteiger partial charge < -0.3 is 10.1 Å². The van der Waals surface area contributed by atoms with E-state index >= 15 is 0 Å². The van der Waals surface area contributed by atoms with Crippen LogP contribution in [0.5, 0.6) is 0 Å². The van der Waals surface area contributed by atoms with Crippen LogP contribution in [0.2, 0.25) is 0 Å². The molecule has 1 N–H and O–H groups in total. The van der Waals surface area contributed by atoms with Crippen molar-refractivity contribution in [2.75, 3.05) is 20.1 Å². The summed E-state index contributed by atoms with van der Waals surface area (Å²) in [5, 5.41) is 3.22. The quantitative estimate of drug-likeness (QED) is 0.748. The molecule has 0 saturated heterocycles. The smallest absolute Gasteiger partial charge is 0.411 e. The van der Waals surface area contributed by atoms with E-state index in [4.69, 9.17) is 4.74 Å². The molecule has 0 atom stereocenters. The molecule has 2 heterocycles. The lowest BCUT2D eigenvalue weighted by Gasteiger charge is -2.34. The molecule has 24 heavy (non-hydrogen) atoms. The Bertz CT molecular complexity index is 595. The Hall–Kier alpha value is -2.11. The summed E-state index contributed by atoms with van der Waals surface area (Å²) in [7, 11) is 1.70. The summed E-state index contributed by atoms with van der Waals surface area (Å²) in [4.78, 5) is 29.9. The van der Waals surface area contributed by atoms with Gasteiger partial charge in [0.25, 0.3) is 0 Å². The van der Waals surface area contributed by atoms with E-state index in [1.165, 1.54) is 4.90 Å². The maximum atomic E-state index is 12.3. The summed E-state index contributed by atoms with van der Waals surface area (Å²) in [6, 6.07) is 0. The van der Waals surface area contributed by atoms with Crippen molar-refractivity contribution in [3.05, 3.63) is 22.5 Å². The van der Waals surface area contributed by atoms with Crippen molar-refractivity contribution in [2.45, 2.75) is 53.6 Å². The van der Waals surface area contributed by atoms with Crippen molar-refractivity contribution in [3.63, 3.8) is 0 Å². The van der Waals surface area contributed by atoms with Crippen molar-refractivity contribution in [1.82, 2.24) is 10.2 Å².